The molecule has 1 aliphatic carbocycles. The SMILES string of the molecule is N#C/C(=C\c1ccccc1C(F)(F)F)C(=O)NC1CC1. The lowest BCUT2D eigenvalue weighted by molar-refractivity contribution is -0.137. The van der Waals surface area contributed by atoms with Crippen molar-refractivity contribution in [3.63, 3.8) is 0 Å². The lowest BCUT2D eigenvalue weighted by Crippen LogP contribution is -2.26. The molecular weight excluding hydrogens is 269 g/mol. The molecule has 1 aromatic carbocycles. The second-order valence-corrected chi connectivity index (χ2v) is 4.50. The topological polar surface area (TPSA) is 52.9 Å². The Balaban J connectivity index is 2.32. The van der Waals surface area contributed by atoms with Crippen molar-refractivity contribution in [1.82, 2.24) is 5.32 Å². The maximum atomic E-state index is 12.8. The van der Waals surface area contributed by atoms with Crippen molar-refractivity contribution in [2.24, 2.45) is 0 Å². The Morgan fingerprint density at radius 1 is 1.35 bits per heavy atom. The molecule has 0 radical (unpaired) electrons. The predicted octanol–water partition coefficient (Wildman–Crippen LogP) is 2.89. The molecule has 2 rings (SSSR count). The quantitative estimate of drug-likeness (QED) is 0.683. The highest BCUT2D eigenvalue weighted by Gasteiger charge is 2.33. The summed E-state index contributed by atoms with van der Waals surface area (Å²) < 4.78 is 38.4. The zero-order valence-corrected chi connectivity index (χ0v) is 10.4. The molecule has 0 spiro atoms. The van der Waals surface area contributed by atoms with Gasteiger partial charge in [0.05, 0.1) is 5.56 Å². The van der Waals surface area contributed by atoms with Crippen LogP contribution in [0.15, 0.2) is 29.8 Å². The van der Waals surface area contributed by atoms with E-state index in [9.17, 15) is 18.0 Å². The fraction of sp³-hybridized carbons (Fsp3) is 0.286. The van der Waals surface area contributed by atoms with Crippen molar-refractivity contribution in [2.75, 3.05) is 0 Å². The van der Waals surface area contributed by atoms with Gasteiger partial charge in [-0.05, 0) is 30.5 Å². The van der Waals surface area contributed by atoms with E-state index in [0.29, 0.717) is 0 Å². The van der Waals surface area contributed by atoms with Crippen molar-refractivity contribution in [2.45, 2.75) is 25.1 Å². The van der Waals surface area contributed by atoms with Gasteiger partial charge in [-0.3, -0.25) is 4.79 Å². The van der Waals surface area contributed by atoms with Crippen LogP contribution in [0.3, 0.4) is 0 Å². The molecule has 0 aromatic heterocycles. The fourth-order valence-corrected chi connectivity index (χ4v) is 1.68. The van der Waals surface area contributed by atoms with Crippen molar-refractivity contribution in [3.05, 3.63) is 41.0 Å². The van der Waals surface area contributed by atoms with Gasteiger partial charge in [0, 0.05) is 6.04 Å². The average Bonchev–Trinajstić information content (AvgIpc) is 3.19. The summed E-state index contributed by atoms with van der Waals surface area (Å²) in [5.41, 5.74) is -1.39. The van der Waals surface area contributed by atoms with Gasteiger partial charge in [-0.1, -0.05) is 18.2 Å². The average molecular weight is 280 g/mol. The van der Waals surface area contributed by atoms with Crippen molar-refractivity contribution < 1.29 is 18.0 Å². The lowest BCUT2D eigenvalue weighted by Gasteiger charge is -2.10. The first kappa shape index (κ1) is 14.1. The van der Waals surface area contributed by atoms with Crippen LogP contribution in [0.25, 0.3) is 6.08 Å². The highest BCUT2D eigenvalue weighted by Crippen LogP contribution is 2.32. The summed E-state index contributed by atoms with van der Waals surface area (Å²) >= 11 is 0. The van der Waals surface area contributed by atoms with Crippen LogP contribution in [0.1, 0.15) is 24.0 Å². The Labute approximate surface area is 113 Å². The Hall–Kier alpha value is -2.29. The number of hydrogen-bond donors (Lipinski definition) is 1. The number of benzene rings is 1. The number of rotatable bonds is 3. The van der Waals surface area contributed by atoms with Gasteiger partial charge in [-0.2, -0.15) is 18.4 Å². The van der Waals surface area contributed by atoms with E-state index in [2.05, 4.69) is 5.32 Å². The van der Waals surface area contributed by atoms with Crippen LogP contribution in [0.2, 0.25) is 0 Å². The van der Waals surface area contributed by atoms with Gasteiger partial charge >= 0.3 is 6.18 Å². The van der Waals surface area contributed by atoms with Crippen molar-refractivity contribution in [1.29, 1.82) is 5.26 Å². The first-order chi connectivity index (χ1) is 9.41. The van der Waals surface area contributed by atoms with Gasteiger partial charge in [0.2, 0.25) is 0 Å². The number of halogens is 3. The first-order valence-electron chi connectivity index (χ1n) is 6.00. The zero-order valence-electron chi connectivity index (χ0n) is 10.4. The van der Waals surface area contributed by atoms with E-state index >= 15 is 0 Å². The van der Waals surface area contributed by atoms with E-state index < -0.39 is 17.6 Å². The summed E-state index contributed by atoms with van der Waals surface area (Å²) in [5, 5.41) is 11.5. The van der Waals surface area contributed by atoms with Gasteiger partial charge in [-0.25, -0.2) is 0 Å². The first-order valence-corrected chi connectivity index (χ1v) is 6.00. The Morgan fingerprint density at radius 3 is 2.55 bits per heavy atom. The molecule has 0 aliphatic heterocycles. The summed E-state index contributed by atoms with van der Waals surface area (Å²) in [6.45, 7) is 0. The highest BCUT2D eigenvalue weighted by atomic mass is 19.4. The van der Waals surface area contributed by atoms with Gasteiger partial charge < -0.3 is 5.32 Å². The van der Waals surface area contributed by atoms with Gasteiger partial charge in [0.1, 0.15) is 11.6 Å². The molecule has 20 heavy (non-hydrogen) atoms. The van der Waals surface area contributed by atoms with E-state index in [4.69, 9.17) is 5.26 Å². The number of carbonyl (C=O) groups is 1. The Morgan fingerprint density at radius 2 is 2.00 bits per heavy atom. The fourth-order valence-electron chi connectivity index (χ4n) is 1.68. The highest BCUT2D eigenvalue weighted by molar-refractivity contribution is 6.02. The monoisotopic (exact) mass is 280 g/mol. The molecule has 0 heterocycles. The maximum Gasteiger partial charge on any atom is 0.416 e. The van der Waals surface area contributed by atoms with Gasteiger partial charge in [0.15, 0.2) is 0 Å². The molecule has 1 aromatic rings. The molecule has 1 N–H and O–H groups in total. The minimum absolute atomic E-state index is 0.0390. The second kappa shape index (κ2) is 5.37. The van der Waals surface area contributed by atoms with E-state index in [1.54, 1.807) is 6.07 Å². The van der Waals surface area contributed by atoms with Gasteiger partial charge in [0.25, 0.3) is 5.91 Å². The van der Waals surface area contributed by atoms with E-state index in [0.717, 1.165) is 25.0 Å². The lowest BCUT2D eigenvalue weighted by atomic mass is 10.0. The molecule has 0 atom stereocenters. The largest absolute Gasteiger partial charge is 0.416 e. The minimum atomic E-state index is -4.53. The molecule has 0 saturated heterocycles. The third-order valence-corrected chi connectivity index (χ3v) is 2.84. The number of nitrogens with zero attached hydrogens (tertiary/aromatic N) is 1. The molecular formula is C14H11F3N2O. The smallest absolute Gasteiger partial charge is 0.349 e. The van der Waals surface area contributed by atoms with Crippen LogP contribution in [-0.4, -0.2) is 11.9 Å². The number of amides is 1. The molecule has 3 nitrogen and oxygen atoms in total. The Kier molecular flexibility index (Phi) is 3.79. The molecule has 104 valence electrons. The molecule has 1 saturated carbocycles. The third-order valence-electron chi connectivity index (χ3n) is 2.84. The molecule has 0 bridgehead atoms. The Bertz CT molecular complexity index is 595. The third kappa shape index (κ3) is 3.38. The normalized spacial score (nSPS) is 15.6. The summed E-state index contributed by atoms with van der Waals surface area (Å²) in [4.78, 5) is 11.7. The van der Waals surface area contributed by atoms with Crippen LogP contribution in [0, 0.1) is 11.3 Å². The summed E-state index contributed by atoms with van der Waals surface area (Å²) in [5.74, 6) is -0.632. The summed E-state index contributed by atoms with van der Waals surface area (Å²) in [6, 6.07) is 6.51. The minimum Gasteiger partial charge on any atom is -0.349 e. The zero-order chi connectivity index (χ0) is 14.8. The number of hydrogen-bond acceptors (Lipinski definition) is 2. The van der Waals surface area contributed by atoms with Crippen LogP contribution in [0.5, 0.6) is 0 Å². The maximum absolute atomic E-state index is 12.8. The molecule has 6 heteroatoms. The van der Waals surface area contributed by atoms with Gasteiger partial charge in [-0.15, -0.1) is 0 Å². The summed E-state index contributed by atoms with van der Waals surface area (Å²) in [7, 11) is 0. The van der Waals surface area contributed by atoms with Crippen LogP contribution >= 0.6 is 0 Å². The van der Waals surface area contributed by atoms with Crippen molar-refractivity contribution in [3.8, 4) is 6.07 Å². The molecule has 1 aliphatic rings. The van der Waals surface area contributed by atoms with Crippen LogP contribution in [-0.2, 0) is 11.0 Å². The van der Waals surface area contributed by atoms with Crippen LogP contribution < -0.4 is 5.32 Å². The number of nitriles is 1. The summed E-state index contributed by atoms with van der Waals surface area (Å²) in [6.07, 6.45) is -1.88. The second-order valence-electron chi connectivity index (χ2n) is 4.50. The predicted molar refractivity (Wildman–Crippen MR) is 66.2 cm³/mol. The van der Waals surface area contributed by atoms with Crippen molar-refractivity contribution >= 4 is 12.0 Å². The molecule has 1 amide bonds. The van der Waals surface area contributed by atoms with E-state index in [1.165, 1.54) is 18.2 Å². The number of nitrogens with one attached hydrogen (secondary N) is 1. The van der Waals surface area contributed by atoms with E-state index in [1.807, 2.05) is 0 Å². The number of alkyl halides is 3. The number of carbonyl (C=O) groups excluding carboxylic acids is 1. The van der Waals surface area contributed by atoms with Crippen LogP contribution in [0.4, 0.5) is 13.2 Å². The molecule has 0 unspecified atom stereocenters. The molecule has 1 fully saturated rings. The standard InChI is InChI=1S/C14H11F3N2O/c15-14(16,17)12-4-2-1-3-9(12)7-10(8-18)13(20)19-11-5-6-11/h1-4,7,11H,5-6H2,(H,19,20)/b10-7+. The van der Waals surface area contributed by atoms with E-state index in [-0.39, 0.29) is 17.2 Å².